The third-order valence-electron chi connectivity index (χ3n) is 6.23. The SMILES string of the molecule is COc1cccnc1SNc1noc2c1CC1(CC1)c1ccc(N(C)CCOC=O)cc1-2. The van der Waals surface area contributed by atoms with E-state index in [2.05, 4.69) is 38.0 Å². The number of nitrogens with one attached hydrogen (secondary N) is 1. The fraction of sp³-hybridized carbons (Fsp3) is 0.348. The van der Waals surface area contributed by atoms with E-state index in [4.69, 9.17) is 14.0 Å². The van der Waals surface area contributed by atoms with Crippen LogP contribution < -0.4 is 14.4 Å². The lowest BCUT2D eigenvalue weighted by Crippen LogP contribution is -2.23. The molecule has 0 radical (unpaired) electrons. The van der Waals surface area contributed by atoms with E-state index in [9.17, 15) is 4.79 Å². The van der Waals surface area contributed by atoms with Gasteiger partial charge in [0.1, 0.15) is 6.61 Å². The molecule has 0 unspecified atom stereocenters. The zero-order valence-electron chi connectivity index (χ0n) is 18.0. The second-order valence-electron chi connectivity index (χ2n) is 8.13. The Balaban J connectivity index is 1.43. The molecule has 0 amide bonds. The molecule has 1 spiro atoms. The predicted octanol–water partition coefficient (Wildman–Crippen LogP) is 4.06. The van der Waals surface area contributed by atoms with Crippen molar-refractivity contribution in [1.82, 2.24) is 10.1 Å². The number of rotatable bonds is 9. The van der Waals surface area contributed by atoms with E-state index in [1.54, 1.807) is 13.3 Å². The van der Waals surface area contributed by atoms with Crippen LogP contribution in [0.2, 0.25) is 0 Å². The summed E-state index contributed by atoms with van der Waals surface area (Å²) in [4.78, 5) is 16.9. The molecule has 1 aromatic carbocycles. The number of hydrogen-bond acceptors (Lipinski definition) is 9. The topological polar surface area (TPSA) is 89.7 Å². The molecule has 0 saturated heterocycles. The van der Waals surface area contributed by atoms with Gasteiger partial charge >= 0.3 is 0 Å². The van der Waals surface area contributed by atoms with E-state index in [0.29, 0.717) is 25.4 Å². The third-order valence-corrected chi connectivity index (χ3v) is 7.03. The van der Waals surface area contributed by atoms with Crippen LogP contribution in [0.3, 0.4) is 0 Å². The standard InChI is InChI=1S/C23H24N4O4S/c1-27(10-11-30-14-28)15-5-6-18-16(12-15)20-17(13-23(18)7-8-23)21(25-31-20)26-32-22-19(29-2)4-3-9-24-22/h3-6,9,12,14H,7-8,10-11,13H2,1-2H3,(H,25,26). The van der Waals surface area contributed by atoms with E-state index in [0.717, 1.165) is 52.7 Å². The summed E-state index contributed by atoms with van der Waals surface area (Å²) in [6, 6.07) is 10.2. The van der Waals surface area contributed by atoms with Gasteiger partial charge in [0.25, 0.3) is 6.47 Å². The summed E-state index contributed by atoms with van der Waals surface area (Å²) in [6.45, 7) is 1.43. The first kappa shape index (κ1) is 20.7. The summed E-state index contributed by atoms with van der Waals surface area (Å²) in [5, 5.41) is 5.09. The number of pyridine rings is 1. The number of methoxy groups -OCH3 is 1. The number of carbonyl (C=O) groups is 1. The van der Waals surface area contributed by atoms with Crippen LogP contribution in [0, 0.1) is 0 Å². The molecule has 2 aromatic heterocycles. The van der Waals surface area contributed by atoms with Gasteiger partial charge in [-0.1, -0.05) is 11.2 Å². The van der Waals surface area contributed by atoms with Crippen molar-refractivity contribution in [2.24, 2.45) is 0 Å². The molecular weight excluding hydrogens is 428 g/mol. The maximum atomic E-state index is 10.4. The molecule has 0 atom stereocenters. The number of benzene rings is 1. The zero-order valence-corrected chi connectivity index (χ0v) is 18.8. The van der Waals surface area contributed by atoms with Gasteiger partial charge in [0.05, 0.1) is 13.7 Å². The number of aromatic nitrogens is 2. The second kappa shape index (κ2) is 8.38. The van der Waals surface area contributed by atoms with Crippen LogP contribution in [-0.2, 0) is 21.4 Å². The average molecular weight is 453 g/mol. The Bertz CT molecular complexity index is 1140. The minimum absolute atomic E-state index is 0.162. The summed E-state index contributed by atoms with van der Waals surface area (Å²) >= 11 is 1.36. The quantitative estimate of drug-likeness (QED) is 0.293. The number of ether oxygens (including phenoxy) is 2. The second-order valence-corrected chi connectivity index (χ2v) is 8.92. The number of anilines is 2. The van der Waals surface area contributed by atoms with E-state index in [-0.39, 0.29) is 5.41 Å². The van der Waals surface area contributed by atoms with Crippen molar-refractivity contribution in [3.8, 4) is 17.1 Å². The first-order valence-electron chi connectivity index (χ1n) is 10.5. The summed E-state index contributed by atoms with van der Waals surface area (Å²) < 4.78 is 19.4. The molecule has 8 nitrogen and oxygen atoms in total. The van der Waals surface area contributed by atoms with Crippen LogP contribution in [0.4, 0.5) is 11.5 Å². The molecule has 9 heteroatoms. The lowest BCUT2D eigenvalue weighted by atomic mass is 9.79. The smallest absolute Gasteiger partial charge is 0.293 e. The highest BCUT2D eigenvalue weighted by Crippen LogP contribution is 2.58. The van der Waals surface area contributed by atoms with Gasteiger partial charge in [0.2, 0.25) is 0 Å². The molecule has 5 rings (SSSR count). The Morgan fingerprint density at radius 3 is 3.00 bits per heavy atom. The summed E-state index contributed by atoms with van der Waals surface area (Å²) in [5.41, 5.74) is 4.72. The molecule has 2 heterocycles. The number of carbonyl (C=O) groups excluding carboxylic acids is 1. The van der Waals surface area contributed by atoms with Crippen molar-refractivity contribution in [3.05, 3.63) is 47.7 Å². The highest BCUT2D eigenvalue weighted by molar-refractivity contribution is 8.00. The van der Waals surface area contributed by atoms with Gasteiger partial charge in [-0.25, -0.2) is 4.98 Å². The molecule has 1 N–H and O–H groups in total. The van der Waals surface area contributed by atoms with Crippen LogP contribution >= 0.6 is 11.9 Å². The molecule has 2 aliphatic rings. The molecule has 166 valence electrons. The molecule has 0 bridgehead atoms. The van der Waals surface area contributed by atoms with Crippen LogP contribution in [-0.4, -0.2) is 43.9 Å². The molecule has 1 fully saturated rings. The van der Waals surface area contributed by atoms with Gasteiger partial charge in [-0.2, -0.15) is 0 Å². The number of fused-ring (bicyclic) bond motifs is 4. The van der Waals surface area contributed by atoms with Gasteiger partial charge in [-0.15, -0.1) is 0 Å². The van der Waals surface area contributed by atoms with Crippen molar-refractivity contribution in [2.75, 3.05) is 36.9 Å². The normalized spacial score (nSPS) is 14.9. The zero-order chi connectivity index (χ0) is 22.1. The highest BCUT2D eigenvalue weighted by Gasteiger charge is 2.50. The van der Waals surface area contributed by atoms with E-state index in [1.165, 1.54) is 17.5 Å². The number of hydrogen-bond donors (Lipinski definition) is 1. The lowest BCUT2D eigenvalue weighted by molar-refractivity contribution is -0.128. The minimum atomic E-state index is 0.162. The van der Waals surface area contributed by atoms with Gasteiger partial charge in [0.15, 0.2) is 22.4 Å². The van der Waals surface area contributed by atoms with E-state index in [1.807, 2.05) is 19.2 Å². The molecular formula is C23H24N4O4S. The first-order valence-corrected chi connectivity index (χ1v) is 11.3. The highest BCUT2D eigenvalue weighted by atomic mass is 32.2. The largest absolute Gasteiger partial charge is 0.494 e. The van der Waals surface area contributed by atoms with Gasteiger partial charge in [-0.05, 0) is 49.1 Å². The van der Waals surface area contributed by atoms with E-state index >= 15 is 0 Å². The van der Waals surface area contributed by atoms with Crippen LogP contribution in [0.25, 0.3) is 11.3 Å². The van der Waals surface area contributed by atoms with Crippen molar-refractivity contribution < 1.29 is 18.8 Å². The third kappa shape index (κ3) is 3.66. The van der Waals surface area contributed by atoms with Gasteiger partial charge in [-0.3, -0.25) is 4.79 Å². The fourth-order valence-electron chi connectivity index (χ4n) is 4.29. The van der Waals surface area contributed by atoms with Gasteiger partial charge < -0.3 is 23.6 Å². The van der Waals surface area contributed by atoms with Crippen molar-refractivity contribution in [2.45, 2.75) is 29.7 Å². The Labute approximate surface area is 190 Å². The molecule has 0 aliphatic heterocycles. The van der Waals surface area contributed by atoms with Gasteiger partial charge in [0, 0.05) is 47.4 Å². The Hall–Kier alpha value is -3.20. The molecule has 1 saturated carbocycles. The van der Waals surface area contributed by atoms with E-state index < -0.39 is 0 Å². The Morgan fingerprint density at radius 1 is 1.34 bits per heavy atom. The monoisotopic (exact) mass is 452 g/mol. The maximum Gasteiger partial charge on any atom is 0.293 e. The van der Waals surface area contributed by atoms with Crippen LogP contribution in [0.15, 0.2) is 46.1 Å². The van der Waals surface area contributed by atoms with Crippen LogP contribution in [0.5, 0.6) is 5.75 Å². The van der Waals surface area contributed by atoms with Crippen molar-refractivity contribution in [1.29, 1.82) is 0 Å². The van der Waals surface area contributed by atoms with Crippen molar-refractivity contribution >= 4 is 29.9 Å². The number of nitrogens with zero attached hydrogens (tertiary/aromatic N) is 3. The van der Waals surface area contributed by atoms with Crippen molar-refractivity contribution in [3.63, 3.8) is 0 Å². The summed E-state index contributed by atoms with van der Waals surface area (Å²) in [5.74, 6) is 2.25. The Morgan fingerprint density at radius 2 is 2.22 bits per heavy atom. The number of likely N-dealkylation sites (N-methyl/N-ethyl adjacent to an activating group) is 1. The van der Waals surface area contributed by atoms with Crippen LogP contribution in [0.1, 0.15) is 24.0 Å². The average Bonchev–Trinajstić information content (AvgIpc) is 3.48. The first-order chi connectivity index (χ1) is 15.6. The molecule has 2 aliphatic carbocycles. The minimum Gasteiger partial charge on any atom is -0.494 e. The Kier molecular flexibility index (Phi) is 5.42. The summed E-state index contributed by atoms with van der Waals surface area (Å²) in [7, 11) is 3.61. The predicted molar refractivity (Wildman–Crippen MR) is 122 cm³/mol. The molecule has 32 heavy (non-hydrogen) atoms. The molecule has 3 aromatic rings. The summed E-state index contributed by atoms with van der Waals surface area (Å²) in [6.07, 6.45) is 4.96. The fourth-order valence-corrected chi connectivity index (χ4v) is 5.01. The lowest BCUT2D eigenvalue weighted by Gasteiger charge is -2.27. The maximum absolute atomic E-state index is 10.4.